The number of ether oxygens (including phenoxy) is 1. The Morgan fingerprint density at radius 3 is 2.45 bits per heavy atom. The zero-order valence-corrected chi connectivity index (χ0v) is 13.9. The SMILES string of the molecule is CSc1ccc(Oc2ccc(S)cc2N(C)C)cc1C. The highest BCUT2D eigenvalue weighted by atomic mass is 32.2. The van der Waals surface area contributed by atoms with Crippen LogP contribution < -0.4 is 9.64 Å². The molecule has 2 aromatic rings. The van der Waals surface area contributed by atoms with Gasteiger partial charge in [-0.15, -0.1) is 24.4 Å². The zero-order chi connectivity index (χ0) is 14.7. The third-order valence-electron chi connectivity index (χ3n) is 3.02. The second-order valence-electron chi connectivity index (χ2n) is 4.78. The Balaban J connectivity index is 2.32. The van der Waals surface area contributed by atoms with Crippen molar-refractivity contribution >= 4 is 30.1 Å². The van der Waals surface area contributed by atoms with Crippen LogP contribution in [0.3, 0.4) is 0 Å². The van der Waals surface area contributed by atoms with E-state index in [1.807, 2.05) is 43.3 Å². The molecular formula is C16H19NOS2. The molecule has 4 heteroatoms. The lowest BCUT2D eigenvalue weighted by molar-refractivity contribution is 0.481. The van der Waals surface area contributed by atoms with Gasteiger partial charge in [0.2, 0.25) is 0 Å². The van der Waals surface area contributed by atoms with E-state index >= 15 is 0 Å². The van der Waals surface area contributed by atoms with Gasteiger partial charge in [-0.3, -0.25) is 0 Å². The fourth-order valence-corrected chi connectivity index (χ4v) is 2.76. The Hall–Kier alpha value is -1.26. The van der Waals surface area contributed by atoms with Gasteiger partial charge in [0.25, 0.3) is 0 Å². The van der Waals surface area contributed by atoms with Crippen molar-refractivity contribution in [3.8, 4) is 11.5 Å². The van der Waals surface area contributed by atoms with Crippen LogP contribution in [0.15, 0.2) is 46.2 Å². The molecule has 20 heavy (non-hydrogen) atoms. The largest absolute Gasteiger partial charge is 0.455 e. The number of anilines is 1. The summed E-state index contributed by atoms with van der Waals surface area (Å²) in [5.74, 6) is 1.69. The summed E-state index contributed by atoms with van der Waals surface area (Å²) in [7, 11) is 4.00. The molecule has 0 aliphatic heterocycles. The molecule has 106 valence electrons. The molecule has 0 saturated carbocycles. The molecule has 0 unspecified atom stereocenters. The minimum Gasteiger partial charge on any atom is -0.455 e. The van der Waals surface area contributed by atoms with Gasteiger partial charge >= 0.3 is 0 Å². The Labute approximate surface area is 130 Å². The third-order valence-corrected chi connectivity index (χ3v) is 4.19. The summed E-state index contributed by atoms with van der Waals surface area (Å²) in [6, 6.07) is 12.1. The number of hydrogen-bond acceptors (Lipinski definition) is 4. The van der Waals surface area contributed by atoms with Crippen molar-refractivity contribution in [2.45, 2.75) is 16.7 Å². The van der Waals surface area contributed by atoms with Crippen LogP contribution in [-0.4, -0.2) is 20.4 Å². The Morgan fingerprint density at radius 1 is 1.10 bits per heavy atom. The third kappa shape index (κ3) is 3.44. The number of thioether (sulfide) groups is 1. The fourth-order valence-electron chi connectivity index (χ4n) is 1.98. The first-order valence-electron chi connectivity index (χ1n) is 6.34. The van der Waals surface area contributed by atoms with Crippen molar-refractivity contribution in [1.29, 1.82) is 0 Å². The number of rotatable bonds is 4. The molecule has 0 aliphatic rings. The summed E-state index contributed by atoms with van der Waals surface area (Å²) in [5.41, 5.74) is 2.25. The van der Waals surface area contributed by atoms with E-state index in [2.05, 4.69) is 37.9 Å². The maximum Gasteiger partial charge on any atom is 0.150 e. The lowest BCUT2D eigenvalue weighted by Gasteiger charge is -2.18. The first-order chi connectivity index (χ1) is 9.51. The van der Waals surface area contributed by atoms with Crippen molar-refractivity contribution in [3.05, 3.63) is 42.0 Å². The van der Waals surface area contributed by atoms with Gasteiger partial charge in [0.05, 0.1) is 5.69 Å². The smallest absolute Gasteiger partial charge is 0.150 e. The first kappa shape index (κ1) is 15.1. The number of aryl methyl sites for hydroxylation is 1. The van der Waals surface area contributed by atoms with Gasteiger partial charge in [-0.2, -0.15) is 0 Å². The molecule has 0 aromatic heterocycles. The van der Waals surface area contributed by atoms with Crippen LogP contribution in [0.4, 0.5) is 5.69 Å². The standard InChI is InChI=1S/C16H19NOS2/c1-11-9-12(5-8-16(11)20-4)18-15-7-6-13(19)10-14(15)17(2)3/h5-10,19H,1-4H3. The van der Waals surface area contributed by atoms with E-state index in [1.54, 1.807) is 11.8 Å². The summed E-state index contributed by atoms with van der Waals surface area (Å²) in [4.78, 5) is 4.23. The van der Waals surface area contributed by atoms with Gasteiger partial charge in [-0.1, -0.05) is 0 Å². The van der Waals surface area contributed by atoms with Crippen molar-refractivity contribution in [2.75, 3.05) is 25.3 Å². The van der Waals surface area contributed by atoms with Gasteiger partial charge < -0.3 is 9.64 Å². The molecule has 2 rings (SSSR count). The Kier molecular flexibility index (Phi) is 4.89. The van der Waals surface area contributed by atoms with E-state index in [0.29, 0.717) is 0 Å². The fraction of sp³-hybridized carbons (Fsp3) is 0.250. The molecule has 0 atom stereocenters. The first-order valence-corrected chi connectivity index (χ1v) is 8.01. The summed E-state index contributed by atoms with van der Waals surface area (Å²) < 4.78 is 6.02. The molecule has 0 saturated heterocycles. The second-order valence-corrected chi connectivity index (χ2v) is 6.14. The van der Waals surface area contributed by atoms with Crippen LogP contribution in [0.1, 0.15) is 5.56 Å². The van der Waals surface area contributed by atoms with Crippen molar-refractivity contribution in [1.82, 2.24) is 0 Å². The van der Waals surface area contributed by atoms with E-state index in [0.717, 1.165) is 22.1 Å². The highest BCUT2D eigenvalue weighted by Crippen LogP contribution is 2.34. The van der Waals surface area contributed by atoms with Crippen LogP contribution in [0, 0.1) is 6.92 Å². The van der Waals surface area contributed by atoms with E-state index in [9.17, 15) is 0 Å². The lowest BCUT2D eigenvalue weighted by atomic mass is 10.2. The van der Waals surface area contributed by atoms with Crippen LogP contribution in [0.2, 0.25) is 0 Å². The van der Waals surface area contributed by atoms with Gasteiger partial charge in [-0.25, -0.2) is 0 Å². The number of hydrogen-bond donors (Lipinski definition) is 1. The van der Waals surface area contributed by atoms with Crippen LogP contribution >= 0.6 is 24.4 Å². The molecular weight excluding hydrogens is 286 g/mol. The van der Waals surface area contributed by atoms with E-state index < -0.39 is 0 Å². The molecule has 0 spiro atoms. The lowest BCUT2D eigenvalue weighted by Crippen LogP contribution is -2.09. The normalized spacial score (nSPS) is 10.4. The number of nitrogens with zero attached hydrogens (tertiary/aromatic N) is 1. The highest BCUT2D eigenvalue weighted by Gasteiger charge is 2.08. The van der Waals surface area contributed by atoms with Gasteiger partial charge in [0, 0.05) is 23.9 Å². The molecule has 0 N–H and O–H groups in total. The van der Waals surface area contributed by atoms with Crippen LogP contribution in [0.5, 0.6) is 11.5 Å². The van der Waals surface area contributed by atoms with E-state index in [4.69, 9.17) is 4.74 Å². The molecule has 0 amide bonds. The van der Waals surface area contributed by atoms with Crippen molar-refractivity contribution in [3.63, 3.8) is 0 Å². The second kappa shape index (κ2) is 6.46. The predicted octanol–water partition coefficient (Wildman–Crippen LogP) is 4.86. The molecule has 2 aromatic carbocycles. The van der Waals surface area contributed by atoms with Gasteiger partial charge in [0.1, 0.15) is 5.75 Å². The highest BCUT2D eigenvalue weighted by molar-refractivity contribution is 7.98. The topological polar surface area (TPSA) is 12.5 Å². The van der Waals surface area contributed by atoms with Crippen LogP contribution in [-0.2, 0) is 0 Å². The summed E-state index contributed by atoms with van der Waals surface area (Å²) in [6.45, 7) is 2.10. The average molecular weight is 305 g/mol. The molecule has 0 heterocycles. The number of thiol groups is 1. The Bertz CT molecular complexity index is 611. The maximum atomic E-state index is 6.02. The van der Waals surface area contributed by atoms with Gasteiger partial charge in [0.15, 0.2) is 5.75 Å². The summed E-state index contributed by atoms with van der Waals surface area (Å²) in [5, 5.41) is 0. The summed E-state index contributed by atoms with van der Waals surface area (Å²) >= 11 is 6.13. The Morgan fingerprint density at radius 2 is 1.85 bits per heavy atom. The summed E-state index contributed by atoms with van der Waals surface area (Å²) in [6.07, 6.45) is 2.08. The molecule has 0 aliphatic carbocycles. The quantitative estimate of drug-likeness (QED) is 0.640. The molecule has 0 radical (unpaired) electrons. The zero-order valence-electron chi connectivity index (χ0n) is 12.2. The van der Waals surface area contributed by atoms with E-state index in [-0.39, 0.29) is 0 Å². The van der Waals surface area contributed by atoms with Crippen molar-refractivity contribution in [2.24, 2.45) is 0 Å². The van der Waals surface area contributed by atoms with E-state index in [1.165, 1.54) is 10.5 Å². The number of benzene rings is 2. The minimum atomic E-state index is 0.837. The molecule has 0 bridgehead atoms. The maximum absolute atomic E-state index is 6.02. The van der Waals surface area contributed by atoms with Crippen molar-refractivity contribution < 1.29 is 4.74 Å². The predicted molar refractivity (Wildman–Crippen MR) is 91.1 cm³/mol. The molecule has 2 nitrogen and oxygen atoms in total. The van der Waals surface area contributed by atoms with Crippen LogP contribution in [0.25, 0.3) is 0 Å². The average Bonchev–Trinajstić information content (AvgIpc) is 2.41. The van der Waals surface area contributed by atoms with Gasteiger partial charge in [-0.05, 0) is 55.1 Å². The molecule has 0 fully saturated rings. The minimum absolute atomic E-state index is 0.837. The monoisotopic (exact) mass is 305 g/mol.